The summed E-state index contributed by atoms with van der Waals surface area (Å²) in [6, 6.07) is 9.60. The highest BCUT2D eigenvalue weighted by molar-refractivity contribution is 7.91. The molecule has 0 bridgehead atoms. The largest absolute Gasteiger partial charge is 0.476 e. The second kappa shape index (κ2) is 14.3. The second-order valence-electron chi connectivity index (χ2n) is 10.1. The van der Waals surface area contributed by atoms with Crippen LogP contribution in [0.1, 0.15) is 31.2 Å². The normalized spacial score (nSPS) is 18.0. The van der Waals surface area contributed by atoms with E-state index in [2.05, 4.69) is 25.3 Å². The van der Waals surface area contributed by atoms with E-state index in [9.17, 15) is 13.2 Å². The first-order valence-corrected chi connectivity index (χ1v) is 16.5. The maximum Gasteiger partial charge on any atom is 0.280 e. The number of pyridine rings is 1. The number of thiazole rings is 1. The number of carbonyl (C=O) groups excluding carboxylic acids is 1. The van der Waals surface area contributed by atoms with Gasteiger partial charge in [-0.15, -0.1) is 0 Å². The smallest absolute Gasteiger partial charge is 0.280 e. The predicted molar refractivity (Wildman–Crippen MR) is 159 cm³/mol. The number of fused-ring (bicyclic) bond motifs is 1. The van der Waals surface area contributed by atoms with Crippen LogP contribution in [0.3, 0.4) is 0 Å². The molecule has 2 fully saturated rings. The number of likely N-dealkylation sites (tertiary alicyclic amines) is 1. The number of hydrogen-bond donors (Lipinski definition) is 1. The van der Waals surface area contributed by atoms with Crippen LogP contribution in [0.5, 0.6) is 5.88 Å². The Bertz CT molecular complexity index is 1480. The van der Waals surface area contributed by atoms with Crippen LogP contribution in [0.4, 0.5) is 5.13 Å². The summed E-state index contributed by atoms with van der Waals surface area (Å²) in [4.78, 5) is 31.2. The van der Waals surface area contributed by atoms with Gasteiger partial charge in [-0.1, -0.05) is 28.6 Å². The maximum atomic E-state index is 13.4. The third-order valence-electron chi connectivity index (χ3n) is 6.95. The van der Waals surface area contributed by atoms with Crippen molar-refractivity contribution in [3.63, 3.8) is 0 Å². The summed E-state index contributed by atoms with van der Waals surface area (Å²) >= 11 is 1.22. The van der Waals surface area contributed by atoms with Crippen molar-refractivity contribution in [2.24, 2.45) is 5.16 Å². The highest BCUT2D eigenvalue weighted by atomic mass is 32.2. The molecular formula is C28H35N5O7S2. The summed E-state index contributed by atoms with van der Waals surface area (Å²) in [5.74, 6) is -0.0795. The van der Waals surface area contributed by atoms with Gasteiger partial charge in [-0.25, -0.2) is 18.4 Å². The molecule has 1 unspecified atom stereocenters. The zero-order valence-electron chi connectivity index (χ0n) is 23.5. The van der Waals surface area contributed by atoms with E-state index in [-0.39, 0.29) is 22.5 Å². The van der Waals surface area contributed by atoms with Crippen LogP contribution in [-0.2, 0) is 28.9 Å². The minimum absolute atomic E-state index is 0.0108. The van der Waals surface area contributed by atoms with Crippen molar-refractivity contribution in [1.82, 2.24) is 14.9 Å². The molecule has 12 nitrogen and oxygen atoms in total. The lowest BCUT2D eigenvalue weighted by atomic mass is 10.1. The average molecular weight is 618 g/mol. The third kappa shape index (κ3) is 8.01. The number of oxime groups is 1. The standard InChI is InChI=1S/C28H35N5O7S2/c1-37-15-4-18-42(35,36)22-7-5-20(6-8-22)25(32-40-21-11-16-38-19-21)26(34)31-28-29-23-9-10-24(30-27(23)41-28)39-17-14-33-12-2-3-13-33/h5-10,21H,2-4,11-19H2,1H3,(H,29,31,34)/b32-25+. The van der Waals surface area contributed by atoms with Gasteiger partial charge in [0.25, 0.3) is 5.91 Å². The first-order chi connectivity index (χ1) is 20.4. The summed E-state index contributed by atoms with van der Waals surface area (Å²) < 4.78 is 41.5. The van der Waals surface area contributed by atoms with Gasteiger partial charge in [0.2, 0.25) is 5.88 Å². The van der Waals surface area contributed by atoms with E-state index in [1.165, 1.54) is 43.4 Å². The van der Waals surface area contributed by atoms with Gasteiger partial charge >= 0.3 is 0 Å². The molecule has 0 aliphatic carbocycles. The molecule has 1 amide bonds. The van der Waals surface area contributed by atoms with Gasteiger partial charge in [0.05, 0.1) is 23.9 Å². The summed E-state index contributed by atoms with van der Waals surface area (Å²) in [6.07, 6.45) is 3.23. The van der Waals surface area contributed by atoms with Crippen molar-refractivity contribution >= 4 is 48.3 Å². The number of sulfone groups is 1. The topological polar surface area (TPSA) is 142 Å². The number of aromatic nitrogens is 2. The van der Waals surface area contributed by atoms with Crippen molar-refractivity contribution in [3.8, 4) is 5.88 Å². The van der Waals surface area contributed by atoms with Crippen LogP contribution in [0.15, 0.2) is 46.4 Å². The number of nitrogens with zero attached hydrogens (tertiary/aromatic N) is 4. The molecule has 5 rings (SSSR count). The summed E-state index contributed by atoms with van der Waals surface area (Å²) in [7, 11) is -1.97. The lowest BCUT2D eigenvalue weighted by Crippen LogP contribution is -2.25. The van der Waals surface area contributed by atoms with E-state index in [0.717, 1.165) is 19.6 Å². The minimum atomic E-state index is -3.49. The van der Waals surface area contributed by atoms with Crippen LogP contribution >= 0.6 is 11.3 Å². The fourth-order valence-corrected chi connectivity index (χ4v) is 6.76. The Hall–Kier alpha value is -3.17. The molecule has 226 valence electrons. The lowest BCUT2D eigenvalue weighted by molar-refractivity contribution is -0.110. The van der Waals surface area contributed by atoms with Crippen molar-refractivity contribution in [2.45, 2.75) is 36.7 Å². The fourth-order valence-electron chi connectivity index (χ4n) is 4.66. The quantitative estimate of drug-likeness (QED) is 0.163. The van der Waals surface area contributed by atoms with Gasteiger partial charge in [-0.2, -0.15) is 0 Å². The molecule has 2 aromatic heterocycles. The van der Waals surface area contributed by atoms with Gasteiger partial charge in [-0.3, -0.25) is 15.0 Å². The first-order valence-electron chi connectivity index (χ1n) is 14.0. The van der Waals surface area contributed by atoms with Crippen molar-refractivity contribution in [3.05, 3.63) is 42.0 Å². The van der Waals surface area contributed by atoms with Gasteiger partial charge in [0, 0.05) is 38.3 Å². The van der Waals surface area contributed by atoms with Crippen LogP contribution in [0, 0.1) is 0 Å². The van der Waals surface area contributed by atoms with Crippen molar-refractivity contribution < 1.29 is 32.3 Å². The third-order valence-corrected chi connectivity index (χ3v) is 9.65. The molecule has 1 aromatic carbocycles. The molecule has 0 saturated carbocycles. The molecule has 1 N–H and O–H groups in total. The van der Waals surface area contributed by atoms with Crippen molar-refractivity contribution in [2.75, 3.05) is 64.2 Å². The SMILES string of the molecule is COCCCS(=O)(=O)c1ccc(/C(=N\OC2CCOC2)C(=O)Nc2nc3ccc(OCCN4CCCC4)nc3s2)cc1. The molecule has 0 spiro atoms. The summed E-state index contributed by atoms with van der Waals surface area (Å²) in [6.45, 7) is 4.92. The number of amides is 1. The predicted octanol–water partition coefficient (Wildman–Crippen LogP) is 3.12. The Morgan fingerprint density at radius 1 is 1.14 bits per heavy atom. The molecule has 2 saturated heterocycles. The number of rotatable bonds is 14. The van der Waals surface area contributed by atoms with E-state index in [1.54, 1.807) is 18.2 Å². The van der Waals surface area contributed by atoms with E-state index >= 15 is 0 Å². The van der Waals surface area contributed by atoms with Crippen LogP contribution in [-0.4, -0.2) is 99.9 Å². The number of hydrogen-bond acceptors (Lipinski definition) is 12. The number of benzene rings is 1. The second-order valence-corrected chi connectivity index (χ2v) is 13.2. The molecule has 1 atom stereocenters. The number of methoxy groups -OCH3 is 1. The van der Waals surface area contributed by atoms with Crippen molar-refractivity contribution in [1.29, 1.82) is 0 Å². The Morgan fingerprint density at radius 3 is 2.69 bits per heavy atom. The zero-order chi connectivity index (χ0) is 29.4. The van der Waals surface area contributed by atoms with Crippen LogP contribution in [0.25, 0.3) is 10.3 Å². The van der Waals surface area contributed by atoms with Crippen LogP contribution in [0.2, 0.25) is 0 Å². The Labute approximate surface area is 248 Å². The molecule has 14 heteroatoms. The molecule has 0 radical (unpaired) electrons. The molecule has 2 aliphatic heterocycles. The van der Waals surface area contributed by atoms with Gasteiger partial charge in [0.1, 0.15) is 17.0 Å². The number of carbonyl (C=O) groups is 1. The zero-order valence-corrected chi connectivity index (χ0v) is 25.1. The van der Waals surface area contributed by atoms with Gasteiger partial charge < -0.3 is 19.0 Å². The summed E-state index contributed by atoms with van der Waals surface area (Å²) in [5, 5.41) is 7.28. The van der Waals surface area contributed by atoms with E-state index in [0.29, 0.717) is 66.2 Å². The average Bonchev–Trinajstić information content (AvgIpc) is 3.76. The Morgan fingerprint density at radius 2 is 1.95 bits per heavy atom. The molecule has 42 heavy (non-hydrogen) atoms. The highest BCUT2D eigenvalue weighted by Crippen LogP contribution is 2.27. The monoisotopic (exact) mass is 617 g/mol. The molecule has 3 aromatic rings. The van der Waals surface area contributed by atoms with E-state index in [4.69, 9.17) is 19.0 Å². The maximum absolute atomic E-state index is 13.4. The van der Waals surface area contributed by atoms with E-state index < -0.39 is 15.7 Å². The molecule has 4 heterocycles. The number of ether oxygens (including phenoxy) is 3. The highest BCUT2D eigenvalue weighted by Gasteiger charge is 2.23. The lowest BCUT2D eigenvalue weighted by Gasteiger charge is -2.14. The number of anilines is 1. The van der Waals surface area contributed by atoms with E-state index in [1.807, 2.05) is 6.07 Å². The Kier molecular flexibility index (Phi) is 10.3. The van der Waals surface area contributed by atoms with Gasteiger partial charge in [0.15, 0.2) is 26.8 Å². The minimum Gasteiger partial charge on any atom is -0.476 e. The molecule has 2 aliphatic rings. The van der Waals surface area contributed by atoms with Gasteiger partial charge in [-0.05, 0) is 50.6 Å². The summed E-state index contributed by atoms with van der Waals surface area (Å²) in [5.41, 5.74) is 1.02. The fraction of sp³-hybridized carbons (Fsp3) is 0.500. The first kappa shape index (κ1) is 30.3. The molecular weight excluding hydrogens is 582 g/mol. The number of nitrogens with one attached hydrogen (secondary N) is 1. The Balaban J connectivity index is 1.29. The van der Waals surface area contributed by atoms with Crippen LogP contribution < -0.4 is 10.1 Å².